The van der Waals surface area contributed by atoms with Gasteiger partial charge in [0.1, 0.15) is 11.9 Å². The van der Waals surface area contributed by atoms with E-state index in [0.717, 1.165) is 5.39 Å². The highest BCUT2D eigenvalue weighted by atomic mass is 32.2. The molecule has 7 nitrogen and oxygen atoms in total. The third-order valence-corrected chi connectivity index (χ3v) is 7.80. The van der Waals surface area contributed by atoms with Gasteiger partial charge in [-0.15, -0.1) is 11.3 Å². The largest absolute Gasteiger partial charge is 0.335 e. The Kier molecular flexibility index (Phi) is 4.98. The molecule has 32 heavy (non-hydrogen) atoms. The van der Waals surface area contributed by atoms with Gasteiger partial charge in [0.15, 0.2) is 5.13 Å². The van der Waals surface area contributed by atoms with Crippen molar-refractivity contribution in [1.29, 1.82) is 0 Å². The van der Waals surface area contributed by atoms with E-state index in [1.54, 1.807) is 35.4 Å². The van der Waals surface area contributed by atoms with E-state index in [-0.39, 0.29) is 24.6 Å². The Bertz CT molecular complexity index is 1420. The molecule has 0 aliphatic carbocycles. The number of rotatable bonds is 5. The average Bonchev–Trinajstić information content (AvgIpc) is 3.49. The van der Waals surface area contributed by atoms with Crippen LogP contribution in [-0.2, 0) is 14.8 Å². The van der Waals surface area contributed by atoms with Gasteiger partial charge in [-0.3, -0.25) is 9.52 Å². The number of anilines is 2. The quantitative estimate of drug-likeness (QED) is 0.450. The molecule has 1 aliphatic heterocycles. The average molecular weight is 475 g/mol. The number of nitrogens with one attached hydrogen (secondary N) is 1. The molecule has 1 fully saturated rings. The smallest absolute Gasteiger partial charge is 0.263 e. The number of benzene rings is 2. The van der Waals surface area contributed by atoms with Gasteiger partial charge in [0, 0.05) is 38.2 Å². The number of thiazole rings is 1. The normalized spacial score (nSPS) is 16.8. The van der Waals surface area contributed by atoms with E-state index in [1.807, 2.05) is 16.8 Å². The van der Waals surface area contributed by atoms with Crippen LogP contribution in [0.3, 0.4) is 0 Å². The predicted octanol–water partition coefficient (Wildman–Crippen LogP) is 4.82. The number of hydrogen-bond donors (Lipinski definition) is 1. The summed E-state index contributed by atoms with van der Waals surface area (Å²) in [5.41, 5.74) is 1.86. The first-order chi connectivity index (χ1) is 15.3. The van der Waals surface area contributed by atoms with E-state index >= 15 is 0 Å². The van der Waals surface area contributed by atoms with Crippen LogP contribution >= 0.6 is 11.3 Å². The van der Waals surface area contributed by atoms with Gasteiger partial charge in [-0.2, -0.15) is 0 Å². The molecule has 2 aromatic carbocycles. The zero-order valence-corrected chi connectivity index (χ0v) is 18.7. The first kappa shape index (κ1) is 20.7. The minimum Gasteiger partial charge on any atom is -0.335 e. The fourth-order valence-electron chi connectivity index (χ4n) is 4.00. The summed E-state index contributed by atoms with van der Waals surface area (Å²) in [4.78, 5) is 18.8. The lowest BCUT2D eigenvalue weighted by atomic mass is 10.1. The van der Waals surface area contributed by atoms with Crippen LogP contribution in [0, 0.1) is 12.7 Å². The van der Waals surface area contributed by atoms with E-state index in [0.29, 0.717) is 29.7 Å². The van der Waals surface area contributed by atoms with Crippen LogP contribution < -0.4 is 9.62 Å². The van der Waals surface area contributed by atoms with Crippen molar-refractivity contribution < 1.29 is 20.5 Å². The number of aryl methyl sites for hydroxylation is 1. The summed E-state index contributed by atoms with van der Waals surface area (Å²) in [6.45, 7) is 2.20. The molecule has 0 radical (unpaired) electrons. The van der Waals surface area contributed by atoms with E-state index < -0.39 is 16.1 Å². The summed E-state index contributed by atoms with van der Waals surface area (Å²) < 4.78 is 43.4. The van der Waals surface area contributed by atoms with Crippen molar-refractivity contribution in [2.45, 2.75) is 24.3 Å². The maximum absolute atomic E-state index is 14.1. The van der Waals surface area contributed by atoms with Crippen LogP contribution in [0.5, 0.6) is 0 Å². The third-order valence-electron chi connectivity index (χ3n) is 5.63. The highest BCUT2D eigenvalue weighted by molar-refractivity contribution is 7.93. The highest BCUT2D eigenvalue weighted by Crippen LogP contribution is 2.33. The van der Waals surface area contributed by atoms with Gasteiger partial charge in [-0.25, -0.2) is 17.8 Å². The van der Waals surface area contributed by atoms with Gasteiger partial charge < -0.3 is 9.47 Å². The summed E-state index contributed by atoms with van der Waals surface area (Å²) in [5.74, 6) is -0.414. The van der Waals surface area contributed by atoms with Crippen molar-refractivity contribution in [3.63, 3.8) is 0 Å². The highest BCUT2D eigenvalue weighted by Gasteiger charge is 2.34. The molecule has 1 saturated heterocycles. The third kappa shape index (κ3) is 3.55. The molecule has 0 saturated carbocycles. The van der Waals surface area contributed by atoms with Crippen molar-refractivity contribution in [3.05, 3.63) is 71.6 Å². The van der Waals surface area contributed by atoms with Crippen LogP contribution in [0.25, 0.3) is 10.9 Å². The van der Waals surface area contributed by atoms with E-state index in [4.69, 9.17) is 0 Å². The van der Waals surface area contributed by atoms with Gasteiger partial charge in [-0.05, 0) is 61.4 Å². The molecule has 5 rings (SSSR count). The topological polar surface area (TPSA) is 84.3 Å². The van der Waals surface area contributed by atoms with Crippen LogP contribution in [0.1, 0.15) is 20.9 Å². The summed E-state index contributed by atoms with van der Waals surface area (Å²) in [6, 6.07) is 10.9. The number of halogens is 1. The van der Waals surface area contributed by atoms with Crippen LogP contribution in [0.2, 0.25) is 0 Å². The Labute approximate surface area is 191 Å². The summed E-state index contributed by atoms with van der Waals surface area (Å²) in [6.07, 6.45) is 3.91. The molecule has 168 valence electrons. The Balaban J connectivity index is 0.00000162. The Morgan fingerprint density at radius 1 is 1.22 bits per heavy atom. The zero-order chi connectivity index (χ0) is 22.5. The van der Waals surface area contributed by atoms with Crippen LogP contribution in [0.4, 0.5) is 15.2 Å². The fourth-order valence-corrected chi connectivity index (χ4v) is 5.78. The number of carbonyl (C=O) groups excluding carboxylic acids is 1. The Hall–Kier alpha value is -3.24. The second kappa shape index (κ2) is 7.72. The summed E-state index contributed by atoms with van der Waals surface area (Å²) in [7, 11) is -3.76. The summed E-state index contributed by atoms with van der Waals surface area (Å²) >= 11 is 1.19. The minimum absolute atomic E-state index is 0. The molecule has 2 aromatic heterocycles. The molecular weight excluding hydrogens is 451 g/mol. The van der Waals surface area contributed by atoms with E-state index in [9.17, 15) is 17.6 Å². The first-order valence-electron chi connectivity index (χ1n) is 9.94. The Morgan fingerprint density at radius 2 is 2.00 bits per heavy atom. The molecule has 1 aliphatic rings. The van der Waals surface area contributed by atoms with E-state index in [2.05, 4.69) is 9.71 Å². The lowest BCUT2D eigenvalue weighted by Gasteiger charge is -2.18. The fraction of sp³-hybridized carbons (Fsp3) is 0.182. The second-order valence-electron chi connectivity index (χ2n) is 7.61. The van der Waals surface area contributed by atoms with Gasteiger partial charge in [0.05, 0.1) is 10.4 Å². The Morgan fingerprint density at radius 3 is 2.72 bits per heavy atom. The molecule has 1 N–H and O–H groups in total. The van der Waals surface area contributed by atoms with Crippen molar-refractivity contribution in [3.8, 4) is 0 Å². The standard InChI is InChI=1S/C22H19FN4O3S2.2H2/c1-14-12-15-6-9-27(20(15)13-18(14)23)19-7-10-26(21(19)28)16-2-4-17(5-3-16)32(29,30)25-22-24-8-11-31-22;;/h2-6,8-9,11-13,19H,7,10H2,1H3,(H,24,25);2*1H/t19-;;/m0../s1. The number of carbonyl (C=O) groups is 1. The molecule has 0 unspecified atom stereocenters. The lowest BCUT2D eigenvalue weighted by molar-refractivity contribution is -0.119. The van der Waals surface area contributed by atoms with Crippen molar-refractivity contribution in [2.24, 2.45) is 0 Å². The molecule has 10 heteroatoms. The number of amides is 1. The molecule has 4 aromatic rings. The minimum atomic E-state index is -3.76. The number of fused-ring (bicyclic) bond motifs is 1. The van der Waals surface area contributed by atoms with Gasteiger partial charge in [0.25, 0.3) is 10.0 Å². The maximum Gasteiger partial charge on any atom is 0.263 e. The maximum atomic E-state index is 14.1. The number of nitrogens with zero attached hydrogens (tertiary/aromatic N) is 3. The number of sulfonamides is 1. The summed E-state index contributed by atoms with van der Waals surface area (Å²) in [5, 5.41) is 2.86. The molecule has 0 bridgehead atoms. The van der Waals surface area contributed by atoms with Gasteiger partial charge >= 0.3 is 0 Å². The number of hydrogen-bond acceptors (Lipinski definition) is 5. The van der Waals surface area contributed by atoms with E-state index in [1.165, 1.54) is 35.7 Å². The second-order valence-corrected chi connectivity index (χ2v) is 10.2. The first-order valence-corrected chi connectivity index (χ1v) is 12.3. The van der Waals surface area contributed by atoms with Gasteiger partial charge in [0.2, 0.25) is 5.91 Å². The molecular formula is C22H23FN4O3S2. The van der Waals surface area contributed by atoms with Crippen molar-refractivity contribution >= 4 is 49.0 Å². The van der Waals surface area contributed by atoms with Crippen LogP contribution in [-0.4, -0.2) is 30.4 Å². The predicted molar refractivity (Wildman–Crippen MR) is 126 cm³/mol. The van der Waals surface area contributed by atoms with Crippen molar-refractivity contribution in [2.75, 3.05) is 16.2 Å². The SMILES string of the molecule is Cc1cc2ccn([C@H]3CCN(c4ccc(S(=O)(=O)Nc5nccs5)cc4)C3=O)c2cc1F.[HH].[HH]. The van der Waals surface area contributed by atoms with Crippen molar-refractivity contribution in [1.82, 2.24) is 9.55 Å². The lowest BCUT2D eigenvalue weighted by Crippen LogP contribution is -2.28. The van der Waals surface area contributed by atoms with Gasteiger partial charge in [-0.1, -0.05) is 0 Å². The molecule has 0 spiro atoms. The monoisotopic (exact) mass is 474 g/mol. The van der Waals surface area contributed by atoms with Crippen LogP contribution in [0.15, 0.2) is 65.1 Å². The zero-order valence-electron chi connectivity index (χ0n) is 17.0. The molecule has 1 atom stereocenters. The molecule has 3 heterocycles. The number of aromatic nitrogens is 2. The molecule has 1 amide bonds.